The Hall–Kier alpha value is -0.280. The van der Waals surface area contributed by atoms with Crippen molar-refractivity contribution in [2.45, 2.75) is 25.3 Å². The smallest absolute Gasteiger partial charge is 0.320 e. The number of halogens is 1. The Labute approximate surface area is 77.9 Å². The molecule has 2 aliphatic rings. The first-order valence-electron chi connectivity index (χ1n) is 4.25. The number of hydrogen-bond acceptors (Lipinski definition) is 2. The fraction of sp³-hybridized carbons (Fsp3) is 0.875. The molecule has 70 valence electrons. The van der Waals surface area contributed by atoms with Gasteiger partial charge in [0, 0.05) is 0 Å². The average Bonchev–Trinajstić information content (AvgIpc) is 2.41. The van der Waals surface area contributed by atoms with Crippen molar-refractivity contribution >= 4 is 18.4 Å². The molecule has 0 amide bonds. The molecule has 0 aromatic heterocycles. The van der Waals surface area contributed by atoms with Crippen molar-refractivity contribution in [3.8, 4) is 0 Å². The number of carboxylic acid groups (broad SMARTS) is 1. The van der Waals surface area contributed by atoms with E-state index in [4.69, 9.17) is 5.11 Å². The molecule has 4 heteroatoms. The molecule has 1 aliphatic heterocycles. The Bertz CT molecular complexity index is 186. The fourth-order valence-electron chi connectivity index (χ4n) is 2.46. The van der Waals surface area contributed by atoms with E-state index in [1.165, 1.54) is 12.8 Å². The summed E-state index contributed by atoms with van der Waals surface area (Å²) in [6.07, 6.45) is 3.55. The second-order valence-corrected chi connectivity index (χ2v) is 3.58. The minimum absolute atomic E-state index is 0. The molecule has 0 unspecified atom stereocenters. The SMILES string of the molecule is Cl.O=C(O)[C@@H]1NC[C@@H]2CCC[C@@H]21. The average molecular weight is 192 g/mol. The topological polar surface area (TPSA) is 49.3 Å². The van der Waals surface area contributed by atoms with E-state index in [2.05, 4.69) is 5.32 Å². The molecule has 0 spiro atoms. The molecule has 0 aromatic carbocycles. The van der Waals surface area contributed by atoms with Crippen molar-refractivity contribution in [2.24, 2.45) is 11.8 Å². The largest absolute Gasteiger partial charge is 0.480 e. The number of aliphatic carboxylic acids is 1. The van der Waals surface area contributed by atoms with Gasteiger partial charge in [-0.2, -0.15) is 0 Å². The van der Waals surface area contributed by atoms with Gasteiger partial charge in [0.05, 0.1) is 0 Å². The monoisotopic (exact) mass is 191 g/mol. The Morgan fingerprint density at radius 1 is 1.42 bits per heavy atom. The normalized spacial score (nSPS) is 38.8. The lowest BCUT2D eigenvalue weighted by atomic mass is 9.94. The van der Waals surface area contributed by atoms with Crippen LogP contribution in [-0.2, 0) is 4.79 Å². The van der Waals surface area contributed by atoms with E-state index in [0.717, 1.165) is 13.0 Å². The molecule has 0 aromatic rings. The van der Waals surface area contributed by atoms with Gasteiger partial charge in [-0.05, 0) is 31.2 Å². The lowest BCUT2D eigenvalue weighted by molar-refractivity contribution is -0.140. The van der Waals surface area contributed by atoms with E-state index >= 15 is 0 Å². The molecule has 3 nitrogen and oxygen atoms in total. The van der Waals surface area contributed by atoms with Crippen molar-refractivity contribution in [1.29, 1.82) is 0 Å². The van der Waals surface area contributed by atoms with Crippen LogP contribution in [0.5, 0.6) is 0 Å². The number of carbonyl (C=O) groups is 1. The van der Waals surface area contributed by atoms with Crippen LogP contribution in [0, 0.1) is 11.8 Å². The predicted octanol–water partition coefficient (Wildman–Crippen LogP) is 0.881. The highest BCUT2D eigenvalue weighted by Crippen LogP contribution is 2.37. The molecule has 2 N–H and O–H groups in total. The van der Waals surface area contributed by atoms with Gasteiger partial charge in [-0.3, -0.25) is 4.79 Å². The minimum atomic E-state index is -0.667. The number of rotatable bonds is 1. The van der Waals surface area contributed by atoms with Crippen LogP contribution < -0.4 is 5.32 Å². The number of fused-ring (bicyclic) bond motifs is 1. The van der Waals surface area contributed by atoms with E-state index < -0.39 is 5.97 Å². The lowest BCUT2D eigenvalue weighted by Crippen LogP contribution is -2.35. The Balaban J connectivity index is 0.000000720. The van der Waals surface area contributed by atoms with Crippen LogP contribution in [0.4, 0.5) is 0 Å². The third kappa shape index (κ3) is 1.43. The first kappa shape index (κ1) is 9.81. The van der Waals surface area contributed by atoms with Gasteiger partial charge in [-0.25, -0.2) is 0 Å². The summed E-state index contributed by atoms with van der Waals surface area (Å²) in [7, 11) is 0. The highest BCUT2D eigenvalue weighted by molar-refractivity contribution is 5.85. The second-order valence-electron chi connectivity index (χ2n) is 3.58. The number of hydrogen-bond donors (Lipinski definition) is 2. The number of carboxylic acids is 1. The van der Waals surface area contributed by atoms with Crippen molar-refractivity contribution in [3.05, 3.63) is 0 Å². The van der Waals surface area contributed by atoms with Crippen LogP contribution in [0.3, 0.4) is 0 Å². The quantitative estimate of drug-likeness (QED) is 0.647. The summed E-state index contributed by atoms with van der Waals surface area (Å²) in [6.45, 7) is 0.918. The lowest BCUT2D eigenvalue weighted by Gasteiger charge is -2.12. The van der Waals surface area contributed by atoms with Gasteiger partial charge in [-0.1, -0.05) is 6.42 Å². The molecule has 1 heterocycles. The summed E-state index contributed by atoms with van der Waals surface area (Å²) in [5.74, 6) is 0.406. The summed E-state index contributed by atoms with van der Waals surface area (Å²) in [6, 6.07) is -0.248. The second kappa shape index (κ2) is 3.62. The third-order valence-electron chi connectivity index (χ3n) is 3.01. The maximum absolute atomic E-state index is 10.7. The van der Waals surface area contributed by atoms with E-state index in [0.29, 0.717) is 11.8 Å². The molecule has 1 saturated carbocycles. The molecular weight excluding hydrogens is 178 g/mol. The van der Waals surface area contributed by atoms with Crippen LogP contribution in [-0.4, -0.2) is 23.7 Å². The van der Waals surface area contributed by atoms with Crippen LogP contribution in [0.1, 0.15) is 19.3 Å². The molecule has 0 radical (unpaired) electrons. The van der Waals surface area contributed by atoms with E-state index in [-0.39, 0.29) is 18.4 Å². The summed E-state index contributed by atoms with van der Waals surface area (Å²) in [5.41, 5.74) is 0. The predicted molar refractivity (Wildman–Crippen MR) is 47.5 cm³/mol. The molecule has 2 fully saturated rings. The summed E-state index contributed by atoms with van der Waals surface area (Å²) in [5, 5.41) is 11.9. The van der Waals surface area contributed by atoms with Crippen LogP contribution >= 0.6 is 12.4 Å². The maximum Gasteiger partial charge on any atom is 0.320 e. The highest BCUT2D eigenvalue weighted by atomic mass is 35.5. The van der Waals surface area contributed by atoms with Gasteiger partial charge in [0.2, 0.25) is 0 Å². The Morgan fingerprint density at radius 2 is 2.17 bits per heavy atom. The molecule has 0 bridgehead atoms. The van der Waals surface area contributed by atoms with Crippen molar-refractivity contribution in [1.82, 2.24) is 5.32 Å². The van der Waals surface area contributed by atoms with Crippen LogP contribution in [0.2, 0.25) is 0 Å². The molecule has 1 saturated heterocycles. The van der Waals surface area contributed by atoms with Gasteiger partial charge in [0.25, 0.3) is 0 Å². The third-order valence-corrected chi connectivity index (χ3v) is 3.01. The van der Waals surface area contributed by atoms with Crippen molar-refractivity contribution in [2.75, 3.05) is 6.54 Å². The first-order valence-corrected chi connectivity index (χ1v) is 4.25. The van der Waals surface area contributed by atoms with Gasteiger partial charge in [0.15, 0.2) is 0 Å². The Morgan fingerprint density at radius 3 is 2.83 bits per heavy atom. The highest BCUT2D eigenvalue weighted by Gasteiger charge is 2.42. The fourth-order valence-corrected chi connectivity index (χ4v) is 2.46. The minimum Gasteiger partial charge on any atom is -0.480 e. The zero-order valence-corrected chi connectivity index (χ0v) is 7.64. The first-order chi connectivity index (χ1) is 5.29. The van der Waals surface area contributed by atoms with E-state index in [9.17, 15) is 4.79 Å². The molecule has 3 atom stereocenters. The van der Waals surface area contributed by atoms with Crippen molar-refractivity contribution < 1.29 is 9.90 Å². The van der Waals surface area contributed by atoms with Gasteiger partial charge in [-0.15, -0.1) is 12.4 Å². The Kier molecular flexibility index (Phi) is 2.96. The molecule has 12 heavy (non-hydrogen) atoms. The molecule has 2 rings (SSSR count). The zero-order valence-electron chi connectivity index (χ0n) is 6.82. The summed E-state index contributed by atoms with van der Waals surface area (Å²) < 4.78 is 0. The summed E-state index contributed by atoms with van der Waals surface area (Å²) >= 11 is 0. The standard InChI is InChI=1S/C8H13NO2.ClH/c10-8(11)7-6-3-1-2-5(6)4-9-7;/h5-7,9H,1-4H2,(H,10,11);1H/t5-,6-,7+;/m0./s1. The van der Waals surface area contributed by atoms with Crippen LogP contribution in [0.15, 0.2) is 0 Å². The molecule has 1 aliphatic carbocycles. The number of nitrogens with one attached hydrogen (secondary N) is 1. The van der Waals surface area contributed by atoms with Gasteiger partial charge >= 0.3 is 5.97 Å². The maximum atomic E-state index is 10.7. The van der Waals surface area contributed by atoms with Crippen molar-refractivity contribution in [3.63, 3.8) is 0 Å². The van der Waals surface area contributed by atoms with E-state index in [1.807, 2.05) is 0 Å². The zero-order chi connectivity index (χ0) is 7.84. The van der Waals surface area contributed by atoms with Gasteiger partial charge in [0.1, 0.15) is 6.04 Å². The van der Waals surface area contributed by atoms with E-state index in [1.54, 1.807) is 0 Å². The molecular formula is C8H14ClNO2. The van der Waals surface area contributed by atoms with Gasteiger partial charge < -0.3 is 10.4 Å². The summed E-state index contributed by atoms with van der Waals surface area (Å²) in [4.78, 5) is 10.7. The van der Waals surface area contributed by atoms with Crippen LogP contribution in [0.25, 0.3) is 0 Å².